The number of nitrogens with zero attached hydrogens (tertiary/aromatic N) is 3. The van der Waals surface area contributed by atoms with E-state index in [0.717, 1.165) is 6.33 Å². The summed E-state index contributed by atoms with van der Waals surface area (Å²) in [6.07, 6.45) is -5.68. The van der Waals surface area contributed by atoms with Crippen LogP contribution >= 0.6 is 15.6 Å². The molecule has 2 unspecified atom stereocenters. The zero-order chi connectivity index (χ0) is 21.3. The summed E-state index contributed by atoms with van der Waals surface area (Å²) < 4.78 is 34.3. The molecule has 1 fully saturated rings. The van der Waals surface area contributed by atoms with Crippen molar-refractivity contribution in [1.29, 1.82) is 0 Å². The van der Waals surface area contributed by atoms with Crippen molar-refractivity contribution in [1.82, 2.24) is 9.97 Å². The molecule has 158 valence electrons. The van der Waals surface area contributed by atoms with Crippen LogP contribution in [0.4, 0.5) is 17.3 Å². The number of nitro groups is 1. The number of hydrogen-bond acceptors (Lipinski definition) is 15. The summed E-state index contributed by atoms with van der Waals surface area (Å²) in [5.41, 5.74) is 4.64. The Balaban J connectivity index is 2.07. The zero-order valence-corrected chi connectivity index (χ0v) is 15.2. The molecule has 1 aliphatic rings. The SMILES string of the molecule is Nc1ncnc(N[C@@H]2O[C@H](COP(=O)([O-])OP(=O)([O-])O)[C@@H](O)[C@H]2O)c1[N+](=O)[O-]. The van der Waals surface area contributed by atoms with E-state index in [1.165, 1.54) is 0 Å². The van der Waals surface area contributed by atoms with Crippen LogP contribution in [0.5, 0.6) is 0 Å². The highest BCUT2D eigenvalue weighted by atomic mass is 31.3. The van der Waals surface area contributed by atoms with E-state index in [9.17, 15) is 39.2 Å². The summed E-state index contributed by atoms with van der Waals surface area (Å²) >= 11 is 0. The van der Waals surface area contributed by atoms with Crippen molar-refractivity contribution in [2.45, 2.75) is 24.5 Å². The molecule has 0 bridgehead atoms. The van der Waals surface area contributed by atoms with E-state index in [2.05, 4.69) is 24.1 Å². The first-order chi connectivity index (χ1) is 12.8. The number of nitrogens with one attached hydrogen (secondary N) is 1. The number of phosphoric ester groups is 1. The standard InChI is InChI=1S/C9H15N5O12P2/c10-7-4(14(17)18)8(12-2-11-7)13-9-6(16)5(15)3(25-9)1-24-28(22,23)26-27(19,20)21/h2-3,5-6,9,15-16H,1H2,(H,22,23)(H2,19,20,21)(H3,10,11,12,13)/p-2/t3-,5-,6-,9-/m1/s1. The first-order valence-electron chi connectivity index (χ1n) is 7.04. The first-order valence-corrected chi connectivity index (χ1v) is 10.00. The van der Waals surface area contributed by atoms with Gasteiger partial charge in [-0.25, -0.2) is 14.3 Å². The van der Waals surface area contributed by atoms with Gasteiger partial charge in [-0.1, -0.05) is 0 Å². The van der Waals surface area contributed by atoms with Crippen LogP contribution in [0.15, 0.2) is 6.33 Å². The van der Waals surface area contributed by atoms with E-state index in [4.69, 9.17) is 15.4 Å². The Kier molecular flexibility index (Phi) is 6.67. The van der Waals surface area contributed by atoms with Gasteiger partial charge in [-0.05, 0) is 0 Å². The van der Waals surface area contributed by atoms with Crippen LogP contribution in [-0.4, -0.2) is 61.1 Å². The normalized spacial score (nSPS) is 29.0. The van der Waals surface area contributed by atoms with Crippen molar-refractivity contribution in [3.63, 3.8) is 0 Å². The maximum atomic E-state index is 11.3. The summed E-state index contributed by atoms with van der Waals surface area (Å²) in [6, 6.07) is 0. The molecule has 1 saturated heterocycles. The zero-order valence-electron chi connectivity index (χ0n) is 13.4. The molecule has 0 radical (unpaired) electrons. The Labute approximate surface area is 155 Å². The van der Waals surface area contributed by atoms with Gasteiger partial charge in [-0.2, -0.15) is 0 Å². The number of rotatable bonds is 8. The second-order valence-electron chi connectivity index (χ2n) is 5.23. The molecule has 28 heavy (non-hydrogen) atoms. The summed E-state index contributed by atoms with van der Waals surface area (Å²) in [4.78, 5) is 47.2. The van der Waals surface area contributed by atoms with Gasteiger partial charge in [-0.15, -0.1) is 0 Å². The fraction of sp³-hybridized carbons (Fsp3) is 0.556. The minimum Gasteiger partial charge on any atom is -0.756 e. The van der Waals surface area contributed by atoms with E-state index < -0.39 is 69.0 Å². The Morgan fingerprint density at radius 3 is 2.54 bits per heavy atom. The fourth-order valence-electron chi connectivity index (χ4n) is 2.13. The van der Waals surface area contributed by atoms with Crippen LogP contribution in [0.2, 0.25) is 0 Å². The van der Waals surface area contributed by atoms with Gasteiger partial charge in [0, 0.05) is 0 Å². The van der Waals surface area contributed by atoms with Gasteiger partial charge >= 0.3 is 5.69 Å². The summed E-state index contributed by atoms with van der Waals surface area (Å²) in [7, 11) is -11.2. The Morgan fingerprint density at radius 2 is 1.96 bits per heavy atom. The molecule has 0 aliphatic carbocycles. The summed E-state index contributed by atoms with van der Waals surface area (Å²) in [5.74, 6) is -0.952. The van der Waals surface area contributed by atoms with E-state index >= 15 is 0 Å². The van der Waals surface area contributed by atoms with E-state index in [-0.39, 0.29) is 0 Å². The average Bonchev–Trinajstić information content (AvgIpc) is 2.78. The van der Waals surface area contributed by atoms with E-state index in [1.54, 1.807) is 0 Å². The van der Waals surface area contributed by atoms with Gasteiger partial charge in [-0.3, -0.25) is 19.2 Å². The van der Waals surface area contributed by atoms with Crippen LogP contribution in [0.1, 0.15) is 0 Å². The number of hydrogen-bond donors (Lipinski definition) is 5. The average molecular weight is 445 g/mol. The highest BCUT2D eigenvalue weighted by Gasteiger charge is 2.44. The molecule has 17 nitrogen and oxygen atoms in total. The highest BCUT2D eigenvalue weighted by molar-refractivity contribution is 7.59. The third-order valence-electron chi connectivity index (χ3n) is 3.27. The molecule has 6 atom stereocenters. The molecular formula is C9H13N5O12P2-2. The number of aliphatic hydroxyl groups is 2. The molecule has 0 saturated carbocycles. The second-order valence-corrected chi connectivity index (χ2v) is 7.97. The lowest BCUT2D eigenvalue weighted by Gasteiger charge is -2.28. The van der Waals surface area contributed by atoms with Gasteiger partial charge in [0.1, 0.15) is 24.6 Å². The number of nitrogens with two attached hydrogens (primary N) is 1. The number of aliphatic hydroxyl groups excluding tert-OH is 2. The topological polar surface area (TPSA) is 276 Å². The molecule has 2 rings (SSSR count). The molecule has 1 aliphatic heterocycles. The Hall–Kier alpha value is -1.78. The minimum absolute atomic E-state index is 0.458. The van der Waals surface area contributed by atoms with Gasteiger partial charge in [0.15, 0.2) is 6.23 Å². The number of aromatic nitrogens is 2. The maximum absolute atomic E-state index is 11.3. The number of nitrogen functional groups attached to an aromatic ring is 1. The van der Waals surface area contributed by atoms with Crippen molar-refractivity contribution in [3.8, 4) is 0 Å². The van der Waals surface area contributed by atoms with Gasteiger partial charge < -0.3 is 45.2 Å². The molecule has 0 amide bonds. The Bertz CT molecular complexity index is 834. The fourth-order valence-corrected chi connectivity index (χ4v) is 3.66. The smallest absolute Gasteiger partial charge is 0.353 e. The predicted octanol–water partition coefficient (Wildman–Crippen LogP) is -3.21. The Morgan fingerprint density at radius 1 is 1.32 bits per heavy atom. The summed E-state index contributed by atoms with van der Waals surface area (Å²) in [6.45, 7) is -1.02. The molecule has 1 aromatic rings. The van der Waals surface area contributed by atoms with Crippen LogP contribution in [0.25, 0.3) is 0 Å². The molecular weight excluding hydrogens is 432 g/mol. The van der Waals surface area contributed by atoms with E-state index in [1.807, 2.05) is 0 Å². The third-order valence-corrected chi connectivity index (χ3v) is 5.37. The quantitative estimate of drug-likeness (QED) is 0.149. The van der Waals surface area contributed by atoms with Gasteiger partial charge in [0.2, 0.25) is 11.6 Å². The van der Waals surface area contributed by atoms with Gasteiger partial charge in [0.05, 0.1) is 11.5 Å². The van der Waals surface area contributed by atoms with Crippen molar-refractivity contribution in [3.05, 3.63) is 16.4 Å². The third kappa shape index (κ3) is 5.62. The lowest BCUT2D eigenvalue weighted by Crippen LogP contribution is -2.37. The van der Waals surface area contributed by atoms with Crippen LogP contribution in [0.3, 0.4) is 0 Å². The van der Waals surface area contributed by atoms with Crippen molar-refractivity contribution in [2.75, 3.05) is 17.7 Å². The lowest BCUT2D eigenvalue weighted by molar-refractivity contribution is -0.383. The molecule has 6 N–H and O–H groups in total. The number of phosphoric acid groups is 2. The highest BCUT2D eigenvalue weighted by Crippen LogP contribution is 2.52. The van der Waals surface area contributed by atoms with E-state index in [0.29, 0.717) is 0 Å². The van der Waals surface area contributed by atoms with Crippen LogP contribution in [0, 0.1) is 10.1 Å². The lowest BCUT2D eigenvalue weighted by atomic mass is 10.1. The largest absolute Gasteiger partial charge is 0.756 e. The maximum Gasteiger partial charge on any atom is 0.353 e. The van der Waals surface area contributed by atoms with Crippen LogP contribution < -0.4 is 20.8 Å². The molecule has 1 aromatic heterocycles. The molecule has 19 heteroatoms. The van der Waals surface area contributed by atoms with Crippen molar-refractivity contribution >= 4 is 33.0 Å². The molecule has 0 aromatic carbocycles. The number of ether oxygens (including phenoxy) is 1. The first kappa shape index (κ1) is 22.5. The monoisotopic (exact) mass is 445 g/mol. The molecule has 2 heterocycles. The second kappa shape index (κ2) is 8.30. The van der Waals surface area contributed by atoms with Crippen molar-refractivity contribution in [2.24, 2.45) is 0 Å². The van der Waals surface area contributed by atoms with Crippen molar-refractivity contribution < 1.29 is 52.5 Å². The summed E-state index contributed by atoms with van der Waals surface area (Å²) in [5, 5.41) is 33.2. The van der Waals surface area contributed by atoms with Gasteiger partial charge in [0.25, 0.3) is 15.6 Å². The molecule has 0 spiro atoms. The predicted molar refractivity (Wildman–Crippen MR) is 81.9 cm³/mol. The van der Waals surface area contributed by atoms with Crippen LogP contribution in [-0.2, 0) is 22.7 Å². The minimum atomic E-state index is -5.66. The number of anilines is 2.